The number of nitriles is 1. The summed E-state index contributed by atoms with van der Waals surface area (Å²) < 4.78 is 18.3. The molecule has 2 fully saturated rings. The third-order valence-electron chi connectivity index (χ3n) is 6.70. The maximum Gasteiger partial charge on any atom is 0.306 e. The fourth-order valence-corrected chi connectivity index (χ4v) is 4.47. The lowest BCUT2D eigenvalue weighted by Crippen LogP contribution is -2.40. The van der Waals surface area contributed by atoms with Gasteiger partial charge in [-0.1, -0.05) is 6.42 Å². The highest BCUT2D eigenvalue weighted by atomic mass is 16.6. The molecule has 4 rings (SSSR count). The summed E-state index contributed by atoms with van der Waals surface area (Å²) in [5, 5.41) is 27.9. The second-order valence-electron chi connectivity index (χ2n) is 9.54. The molecule has 1 aliphatic heterocycles. The molecule has 1 amide bonds. The highest BCUT2D eigenvalue weighted by molar-refractivity contribution is 5.98. The highest BCUT2D eigenvalue weighted by Gasteiger charge is 2.52. The Balaban J connectivity index is 1.52. The molecule has 2 aromatic heterocycles. The van der Waals surface area contributed by atoms with Crippen LogP contribution in [0.5, 0.6) is 0 Å². The fraction of sp³-hybridized carbons (Fsp3) is 0.625. The molecular weight excluding hydrogens is 454 g/mol. The molecule has 0 bridgehead atoms. The Morgan fingerprint density at radius 1 is 1.40 bits per heavy atom. The van der Waals surface area contributed by atoms with Gasteiger partial charge in [0.15, 0.2) is 5.82 Å². The van der Waals surface area contributed by atoms with Gasteiger partial charge in [-0.25, -0.2) is 9.50 Å². The van der Waals surface area contributed by atoms with Crippen LogP contribution in [0.1, 0.15) is 58.6 Å². The van der Waals surface area contributed by atoms with Crippen molar-refractivity contribution in [3.8, 4) is 6.07 Å². The smallest absolute Gasteiger partial charge is 0.306 e. The van der Waals surface area contributed by atoms with Gasteiger partial charge in [0.25, 0.3) is 5.91 Å². The average molecular weight is 486 g/mol. The average Bonchev–Trinajstić information content (AvgIpc) is 3.37. The summed E-state index contributed by atoms with van der Waals surface area (Å²) in [4.78, 5) is 28.9. The number of fused-ring (bicyclic) bond motifs is 1. The minimum atomic E-state index is -1.72. The van der Waals surface area contributed by atoms with Crippen molar-refractivity contribution in [1.29, 1.82) is 5.26 Å². The van der Waals surface area contributed by atoms with Crippen molar-refractivity contribution in [3.63, 3.8) is 0 Å². The third kappa shape index (κ3) is 4.87. The summed E-state index contributed by atoms with van der Waals surface area (Å²) in [6.07, 6.45) is 3.15. The molecule has 1 saturated heterocycles. The Kier molecular flexibility index (Phi) is 7.07. The van der Waals surface area contributed by atoms with Gasteiger partial charge in [0, 0.05) is 19.4 Å². The van der Waals surface area contributed by atoms with Crippen molar-refractivity contribution < 1.29 is 28.9 Å². The molecule has 1 saturated carbocycles. The maximum atomic E-state index is 12.7. The maximum absolute atomic E-state index is 12.7. The second kappa shape index (κ2) is 9.89. The van der Waals surface area contributed by atoms with Crippen LogP contribution >= 0.6 is 0 Å². The van der Waals surface area contributed by atoms with Crippen LogP contribution in [0, 0.1) is 17.2 Å². The molecule has 0 aromatic carbocycles. The van der Waals surface area contributed by atoms with Gasteiger partial charge in [0.05, 0.1) is 11.8 Å². The van der Waals surface area contributed by atoms with Crippen LogP contribution in [-0.4, -0.2) is 62.6 Å². The van der Waals surface area contributed by atoms with Crippen molar-refractivity contribution >= 4 is 23.2 Å². The van der Waals surface area contributed by atoms with E-state index in [1.165, 1.54) is 10.8 Å². The number of aliphatic hydroxyl groups excluding tert-OH is 1. The van der Waals surface area contributed by atoms with E-state index < -0.39 is 29.3 Å². The number of ether oxygens (including phenoxy) is 3. The molecule has 11 heteroatoms. The van der Waals surface area contributed by atoms with Crippen molar-refractivity contribution in [2.24, 2.45) is 5.92 Å². The summed E-state index contributed by atoms with van der Waals surface area (Å²) in [5.74, 6) is -0.0699. The zero-order chi connectivity index (χ0) is 25.2. The van der Waals surface area contributed by atoms with E-state index in [0.717, 1.165) is 19.3 Å². The number of aromatic nitrogens is 3. The van der Waals surface area contributed by atoms with E-state index >= 15 is 0 Å². The summed E-state index contributed by atoms with van der Waals surface area (Å²) in [6.45, 7) is 5.43. The van der Waals surface area contributed by atoms with Crippen LogP contribution in [0.2, 0.25) is 0 Å². The van der Waals surface area contributed by atoms with E-state index in [2.05, 4.69) is 21.5 Å². The predicted molar refractivity (Wildman–Crippen MR) is 123 cm³/mol. The number of carbonyl (C=O) groups is 2. The van der Waals surface area contributed by atoms with Crippen LogP contribution in [-0.2, 0) is 29.4 Å². The molecule has 0 unspecified atom stereocenters. The van der Waals surface area contributed by atoms with Crippen molar-refractivity contribution in [1.82, 2.24) is 14.6 Å². The van der Waals surface area contributed by atoms with Gasteiger partial charge in [-0.2, -0.15) is 10.4 Å². The van der Waals surface area contributed by atoms with Crippen molar-refractivity contribution in [3.05, 3.63) is 24.2 Å². The quantitative estimate of drug-likeness (QED) is 0.509. The van der Waals surface area contributed by atoms with Gasteiger partial charge in [0.2, 0.25) is 5.60 Å². The number of rotatable bonds is 9. The number of hydrogen-bond donors (Lipinski definition) is 2. The van der Waals surface area contributed by atoms with Crippen LogP contribution in [0.15, 0.2) is 18.5 Å². The fourth-order valence-electron chi connectivity index (χ4n) is 4.47. The van der Waals surface area contributed by atoms with Crippen molar-refractivity contribution in [2.45, 2.75) is 76.3 Å². The largest absolute Gasteiger partial charge is 0.463 e. The van der Waals surface area contributed by atoms with E-state index in [1.54, 1.807) is 32.9 Å². The first-order valence-corrected chi connectivity index (χ1v) is 11.9. The summed E-state index contributed by atoms with van der Waals surface area (Å²) >= 11 is 0. The van der Waals surface area contributed by atoms with E-state index in [9.17, 15) is 20.0 Å². The Morgan fingerprint density at radius 3 is 2.83 bits per heavy atom. The normalized spacial score (nSPS) is 24.7. The summed E-state index contributed by atoms with van der Waals surface area (Å²) in [5.41, 5.74) is -2.09. The SMILES string of the molecule is CCOC(C)(C)C(=O)Nc1ncnn2c([C@]3(C#N)O[C@@H](COC(=O)CC4CCC4)C[C@H]3O)ccc12. The molecule has 11 nitrogen and oxygen atoms in total. The standard InChI is InChI=1S/C24H31N5O6/c1-4-34-23(2,3)22(32)28-21-17-8-9-18(29(17)27-14-26-21)24(13-25)19(30)11-16(35-24)12-33-20(31)10-15-6-5-7-15/h8-9,14-16,19,30H,4-7,10-12H2,1-3H3,(H,26,27,28,32)/t16-,19-,24+/m1/s1. The van der Waals surface area contributed by atoms with Crippen LogP contribution in [0.4, 0.5) is 5.82 Å². The van der Waals surface area contributed by atoms with Gasteiger partial charge in [0.1, 0.15) is 36.2 Å². The molecule has 35 heavy (non-hydrogen) atoms. The number of nitrogens with zero attached hydrogens (tertiary/aromatic N) is 4. The third-order valence-corrected chi connectivity index (χ3v) is 6.70. The monoisotopic (exact) mass is 485 g/mol. The van der Waals surface area contributed by atoms with Crippen LogP contribution in [0.25, 0.3) is 5.52 Å². The first-order valence-electron chi connectivity index (χ1n) is 11.9. The summed E-state index contributed by atoms with van der Waals surface area (Å²) in [6, 6.07) is 5.33. The van der Waals surface area contributed by atoms with E-state index in [0.29, 0.717) is 24.5 Å². The van der Waals surface area contributed by atoms with Gasteiger partial charge in [-0.05, 0) is 51.7 Å². The molecule has 2 aliphatic rings. The number of carbonyl (C=O) groups excluding carboxylic acids is 2. The lowest BCUT2D eigenvalue weighted by atomic mass is 9.83. The molecule has 3 atom stereocenters. The first kappa shape index (κ1) is 25.0. The van der Waals surface area contributed by atoms with Gasteiger partial charge < -0.3 is 24.6 Å². The second-order valence-corrected chi connectivity index (χ2v) is 9.54. The number of hydrogen-bond acceptors (Lipinski definition) is 9. The molecule has 0 radical (unpaired) electrons. The Labute approximate surface area is 203 Å². The lowest BCUT2D eigenvalue weighted by Gasteiger charge is -2.25. The molecule has 2 aromatic rings. The van der Waals surface area contributed by atoms with Gasteiger partial charge in [-0.3, -0.25) is 9.59 Å². The Morgan fingerprint density at radius 2 is 2.17 bits per heavy atom. The molecule has 3 heterocycles. The van der Waals surface area contributed by atoms with Gasteiger partial charge in [-0.15, -0.1) is 0 Å². The van der Waals surface area contributed by atoms with E-state index in [-0.39, 0.29) is 30.5 Å². The van der Waals surface area contributed by atoms with Crippen LogP contribution < -0.4 is 5.32 Å². The van der Waals surface area contributed by atoms with E-state index in [1.807, 2.05) is 0 Å². The van der Waals surface area contributed by atoms with Crippen LogP contribution in [0.3, 0.4) is 0 Å². The first-order chi connectivity index (χ1) is 16.7. The number of nitrogens with one attached hydrogen (secondary N) is 1. The Bertz CT molecular complexity index is 1140. The molecular formula is C24H31N5O6. The summed E-state index contributed by atoms with van der Waals surface area (Å²) in [7, 11) is 0. The minimum absolute atomic E-state index is 0.0435. The minimum Gasteiger partial charge on any atom is -0.463 e. The van der Waals surface area contributed by atoms with E-state index in [4.69, 9.17) is 14.2 Å². The zero-order valence-corrected chi connectivity index (χ0v) is 20.2. The predicted octanol–water partition coefficient (Wildman–Crippen LogP) is 2.08. The molecule has 1 aliphatic carbocycles. The molecule has 2 N–H and O–H groups in total. The zero-order valence-electron chi connectivity index (χ0n) is 20.2. The van der Waals surface area contributed by atoms with Gasteiger partial charge >= 0.3 is 5.97 Å². The number of amides is 1. The van der Waals surface area contributed by atoms with Crippen molar-refractivity contribution in [2.75, 3.05) is 18.5 Å². The highest BCUT2D eigenvalue weighted by Crippen LogP contribution is 2.40. The number of aliphatic hydroxyl groups is 1. The lowest BCUT2D eigenvalue weighted by molar-refractivity contribution is -0.151. The Hall–Kier alpha value is -3.07. The number of anilines is 1. The topological polar surface area (TPSA) is 148 Å². The molecule has 0 spiro atoms. The number of esters is 1. The molecule has 188 valence electrons.